The van der Waals surface area contributed by atoms with E-state index in [4.69, 9.17) is 10.6 Å². The van der Waals surface area contributed by atoms with Gasteiger partial charge in [-0.3, -0.25) is 16.3 Å². The standard InChI is InChI=1S/C17H27N3O/c1-13-11-14(5-9-19-13)16(20-18)15-6-10-21-17(12-15)7-3-2-4-8-17/h5,9,11,15-16,20H,2-4,6-8,10,12,18H2,1H3. The van der Waals surface area contributed by atoms with Gasteiger partial charge in [-0.15, -0.1) is 0 Å². The van der Waals surface area contributed by atoms with Crippen LogP contribution in [0.5, 0.6) is 0 Å². The molecule has 116 valence electrons. The molecule has 1 aliphatic carbocycles. The van der Waals surface area contributed by atoms with Crippen molar-refractivity contribution in [3.63, 3.8) is 0 Å². The number of hydrogen-bond donors (Lipinski definition) is 2. The summed E-state index contributed by atoms with van der Waals surface area (Å²) in [6.45, 7) is 2.90. The van der Waals surface area contributed by atoms with Gasteiger partial charge in [0.2, 0.25) is 0 Å². The lowest BCUT2D eigenvalue weighted by molar-refractivity contribution is -0.122. The highest BCUT2D eigenvalue weighted by Gasteiger charge is 2.40. The molecule has 4 heteroatoms. The summed E-state index contributed by atoms with van der Waals surface area (Å²) in [4.78, 5) is 4.29. The Morgan fingerprint density at radius 1 is 1.38 bits per heavy atom. The van der Waals surface area contributed by atoms with Crippen molar-refractivity contribution in [2.75, 3.05) is 6.61 Å². The Morgan fingerprint density at radius 3 is 2.90 bits per heavy atom. The molecule has 1 aromatic heterocycles. The number of nitrogens with zero attached hydrogens (tertiary/aromatic N) is 1. The first kappa shape index (κ1) is 14.9. The van der Waals surface area contributed by atoms with Crippen LogP contribution in [0, 0.1) is 12.8 Å². The van der Waals surface area contributed by atoms with Gasteiger partial charge in [-0.05, 0) is 56.2 Å². The molecule has 0 bridgehead atoms. The average molecular weight is 289 g/mol. The smallest absolute Gasteiger partial charge is 0.0686 e. The van der Waals surface area contributed by atoms with E-state index in [1.165, 1.54) is 37.7 Å². The van der Waals surface area contributed by atoms with E-state index in [-0.39, 0.29) is 11.6 Å². The highest BCUT2D eigenvalue weighted by atomic mass is 16.5. The van der Waals surface area contributed by atoms with Crippen molar-refractivity contribution in [1.29, 1.82) is 0 Å². The average Bonchev–Trinajstić information content (AvgIpc) is 2.49. The molecule has 2 heterocycles. The first-order chi connectivity index (χ1) is 10.2. The molecule has 2 fully saturated rings. The zero-order valence-electron chi connectivity index (χ0n) is 13.0. The molecule has 1 aromatic rings. The van der Waals surface area contributed by atoms with E-state index in [9.17, 15) is 0 Å². The van der Waals surface area contributed by atoms with Crippen LogP contribution in [0.2, 0.25) is 0 Å². The highest BCUT2D eigenvalue weighted by molar-refractivity contribution is 5.20. The minimum Gasteiger partial charge on any atom is -0.375 e. The third-order valence-electron chi connectivity index (χ3n) is 5.23. The van der Waals surface area contributed by atoms with Crippen molar-refractivity contribution in [2.45, 2.75) is 63.5 Å². The lowest BCUT2D eigenvalue weighted by atomic mass is 9.73. The number of hydrazine groups is 1. The quantitative estimate of drug-likeness (QED) is 0.663. The largest absolute Gasteiger partial charge is 0.375 e. The van der Waals surface area contributed by atoms with Crippen molar-refractivity contribution in [1.82, 2.24) is 10.4 Å². The Balaban J connectivity index is 1.77. The topological polar surface area (TPSA) is 60.2 Å². The van der Waals surface area contributed by atoms with E-state index < -0.39 is 0 Å². The van der Waals surface area contributed by atoms with Crippen LogP contribution in [-0.2, 0) is 4.74 Å². The Kier molecular flexibility index (Phi) is 4.57. The fourth-order valence-electron chi connectivity index (χ4n) is 4.16. The Bertz CT molecular complexity index is 465. The molecule has 1 saturated heterocycles. The van der Waals surface area contributed by atoms with Gasteiger partial charge in [-0.25, -0.2) is 0 Å². The van der Waals surface area contributed by atoms with Crippen molar-refractivity contribution < 1.29 is 4.74 Å². The number of aromatic nitrogens is 1. The van der Waals surface area contributed by atoms with E-state index in [1.54, 1.807) is 0 Å². The Morgan fingerprint density at radius 2 is 2.19 bits per heavy atom. The summed E-state index contributed by atoms with van der Waals surface area (Å²) >= 11 is 0. The fraction of sp³-hybridized carbons (Fsp3) is 0.706. The molecule has 2 unspecified atom stereocenters. The molecule has 1 saturated carbocycles. The van der Waals surface area contributed by atoms with Crippen LogP contribution in [0.3, 0.4) is 0 Å². The van der Waals surface area contributed by atoms with Gasteiger partial charge in [-0.2, -0.15) is 0 Å². The molecule has 21 heavy (non-hydrogen) atoms. The monoisotopic (exact) mass is 289 g/mol. The maximum Gasteiger partial charge on any atom is 0.0686 e. The predicted molar refractivity (Wildman–Crippen MR) is 83.5 cm³/mol. The molecule has 3 rings (SSSR count). The van der Waals surface area contributed by atoms with E-state index in [0.717, 1.165) is 25.1 Å². The van der Waals surface area contributed by atoms with Gasteiger partial charge in [0.1, 0.15) is 0 Å². The number of hydrogen-bond acceptors (Lipinski definition) is 4. The van der Waals surface area contributed by atoms with Crippen LogP contribution in [-0.4, -0.2) is 17.2 Å². The van der Waals surface area contributed by atoms with E-state index in [2.05, 4.69) is 22.5 Å². The van der Waals surface area contributed by atoms with Crippen LogP contribution >= 0.6 is 0 Å². The third kappa shape index (κ3) is 3.28. The molecule has 2 aliphatic rings. The maximum atomic E-state index is 6.21. The van der Waals surface area contributed by atoms with Gasteiger partial charge in [-0.1, -0.05) is 19.3 Å². The predicted octanol–water partition coefficient (Wildman–Crippen LogP) is 3.02. The summed E-state index contributed by atoms with van der Waals surface area (Å²) < 4.78 is 6.21. The number of pyridine rings is 1. The van der Waals surface area contributed by atoms with Crippen LogP contribution in [0.4, 0.5) is 0 Å². The second kappa shape index (κ2) is 6.42. The summed E-state index contributed by atoms with van der Waals surface area (Å²) in [6.07, 6.45) is 10.5. The van der Waals surface area contributed by atoms with Crippen LogP contribution in [0.15, 0.2) is 18.3 Å². The Hall–Kier alpha value is -0.970. The zero-order chi connectivity index (χ0) is 14.7. The zero-order valence-corrected chi connectivity index (χ0v) is 13.0. The molecule has 4 nitrogen and oxygen atoms in total. The molecule has 0 radical (unpaired) electrons. The molecule has 0 aromatic carbocycles. The summed E-state index contributed by atoms with van der Waals surface area (Å²) in [5.74, 6) is 6.44. The number of ether oxygens (including phenoxy) is 1. The highest BCUT2D eigenvalue weighted by Crippen LogP contribution is 2.44. The van der Waals surface area contributed by atoms with Gasteiger partial charge in [0.15, 0.2) is 0 Å². The van der Waals surface area contributed by atoms with Crippen LogP contribution in [0.1, 0.15) is 62.2 Å². The number of aryl methyl sites for hydroxylation is 1. The number of nitrogens with two attached hydrogens (primary N) is 1. The lowest BCUT2D eigenvalue weighted by Crippen LogP contribution is -2.45. The number of nitrogens with one attached hydrogen (secondary N) is 1. The fourth-order valence-corrected chi connectivity index (χ4v) is 4.16. The van der Waals surface area contributed by atoms with Crippen molar-refractivity contribution >= 4 is 0 Å². The second-order valence-electron chi connectivity index (χ2n) is 6.72. The van der Waals surface area contributed by atoms with Crippen molar-refractivity contribution in [3.8, 4) is 0 Å². The van der Waals surface area contributed by atoms with E-state index in [1.807, 2.05) is 13.1 Å². The van der Waals surface area contributed by atoms with Gasteiger partial charge in [0, 0.05) is 24.5 Å². The minimum absolute atomic E-state index is 0.123. The van der Waals surface area contributed by atoms with Gasteiger partial charge in [0.05, 0.1) is 5.60 Å². The first-order valence-corrected chi connectivity index (χ1v) is 8.25. The molecule has 0 amide bonds. The molecule has 3 N–H and O–H groups in total. The summed E-state index contributed by atoms with van der Waals surface area (Å²) in [5, 5.41) is 0. The maximum absolute atomic E-state index is 6.21. The SMILES string of the molecule is Cc1cc(C(NN)C2CCOC3(CCCCC3)C2)ccn1. The molecular formula is C17H27N3O. The van der Waals surface area contributed by atoms with Crippen LogP contribution < -0.4 is 11.3 Å². The minimum atomic E-state index is 0.123. The van der Waals surface area contributed by atoms with Gasteiger partial charge in [0.25, 0.3) is 0 Å². The van der Waals surface area contributed by atoms with Crippen molar-refractivity contribution in [3.05, 3.63) is 29.6 Å². The Labute approximate surface area is 127 Å². The third-order valence-corrected chi connectivity index (χ3v) is 5.23. The van der Waals surface area contributed by atoms with Gasteiger partial charge >= 0.3 is 0 Å². The summed E-state index contributed by atoms with van der Waals surface area (Å²) in [7, 11) is 0. The molecule has 1 spiro atoms. The van der Waals surface area contributed by atoms with E-state index in [0.29, 0.717) is 5.92 Å². The molecule has 2 atom stereocenters. The van der Waals surface area contributed by atoms with E-state index >= 15 is 0 Å². The second-order valence-corrected chi connectivity index (χ2v) is 6.72. The lowest BCUT2D eigenvalue weighted by Gasteiger charge is -2.45. The van der Waals surface area contributed by atoms with Gasteiger partial charge < -0.3 is 4.74 Å². The van der Waals surface area contributed by atoms with Crippen molar-refractivity contribution in [2.24, 2.45) is 11.8 Å². The molecular weight excluding hydrogens is 262 g/mol. The first-order valence-electron chi connectivity index (χ1n) is 8.25. The number of rotatable bonds is 3. The molecule has 1 aliphatic heterocycles. The summed E-state index contributed by atoms with van der Waals surface area (Å²) in [6, 6.07) is 4.43. The van der Waals surface area contributed by atoms with Crippen LogP contribution in [0.25, 0.3) is 0 Å². The normalized spacial score (nSPS) is 26.7. The summed E-state index contributed by atoms with van der Waals surface area (Å²) in [5.41, 5.74) is 5.48.